The molecule has 1 saturated carbocycles. The maximum Gasteiger partial charge on any atom is -0.0358 e. The molecule has 0 aromatic rings. The van der Waals surface area contributed by atoms with Crippen LogP contribution in [-0.4, -0.2) is 0 Å². The van der Waals surface area contributed by atoms with Gasteiger partial charge in [0, 0.05) is 0 Å². The highest BCUT2D eigenvalue weighted by Crippen LogP contribution is 2.41. The van der Waals surface area contributed by atoms with E-state index < -0.39 is 0 Å². The molecule has 0 amide bonds. The molecule has 0 nitrogen and oxygen atoms in total. The molecule has 13 heavy (non-hydrogen) atoms. The molecule has 0 heteroatoms. The maximum atomic E-state index is 2.42. The van der Waals surface area contributed by atoms with Gasteiger partial charge >= 0.3 is 0 Å². The fourth-order valence-electron chi connectivity index (χ4n) is 3.04. The molecule has 0 N–H and O–H groups in total. The van der Waals surface area contributed by atoms with Gasteiger partial charge in [-0.3, -0.25) is 0 Å². The van der Waals surface area contributed by atoms with E-state index in [0.29, 0.717) is 0 Å². The van der Waals surface area contributed by atoms with Gasteiger partial charge in [0.25, 0.3) is 0 Å². The lowest BCUT2D eigenvalue weighted by Crippen LogP contribution is -2.30. The first kappa shape index (κ1) is 11.1. The lowest BCUT2D eigenvalue weighted by Gasteiger charge is -2.39. The minimum atomic E-state index is 0.884. The van der Waals surface area contributed by atoms with Crippen LogP contribution in [0.5, 0.6) is 0 Å². The summed E-state index contributed by atoms with van der Waals surface area (Å²) in [5, 5.41) is 0. The average Bonchev–Trinajstić information content (AvgIpc) is 2.03. The van der Waals surface area contributed by atoms with Crippen LogP contribution in [0, 0.1) is 29.6 Å². The van der Waals surface area contributed by atoms with Crippen molar-refractivity contribution < 1.29 is 0 Å². The van der Waals surface area contributed by atoms with Crippen molar-refractivity contribution in [2.45, 2.75) is 53.9 Å². The molecule has 3 atom stereocenters. The molecule has 0 spiro atoms. The molecule has 1 fully saturated rings. The molecule has 1 rings (SSSR count). The fraction of sp³-hybridized carbons (Fsp3) is 1.00. The Morgan fingerprint density at radius 2 is 1.38 bits per heavy atom. The van der Waals surface area contributed by atoms with E-state index in [4.69, 9.17) is 0 Å². The lowest BCUT2D eigenvalue weighted by molar-refractivity contribution is 0.106. The normalized spacial score (nSPS) is 35.8. The van der Waals surface area contributed by atoms with E-state index in [1.54, 1.807) is 0 Å². The summed E-state index contributed by atoms with van der Waals surface area (Å²) in [5.74, 6) is 4.73. The summed E-state index contributed by atoms with van der Waals surface area (Å²) in [5.41, 5.74) is 0. The van der Waals surface area contributed by atoms with Crippen molar-refractivity contribution in [2.75, 3.05) is 0 Å². The van der Waals surface area contributed by atoms with Gasteiger partial charge in [-0.05, 0) is 42.4 Å². The first-order chi connectivity index (χ1) is 6.02. The fourth-order valence-corrected chi connectivity index (χ4v) is 3.04. The van der Waals surface area contributed by atoms with Crippen molar-refractivity contribution in [2.24, 2.45) is 29.6 Å². The Bertz CT molecular complexity index is 146. The van der Waals surface area contributed by atoms with Crippen molar-refractivity contribution in [3.8, 4) is 0 Å². The molecule has 1 aliphatic rings. The molecule has 0 radical (unpaired) electrons. The Morgan fingerprint density at radius 1 is 0.846 bits per heavy atom. The highest BCUT2D eigenvalue weighted by atomic mass is 14.4. The van der Waals surface area contributed by atoms with Gasteiger partial charge in [0.1, 0.15) is 0 Å². The summed E-state index contributed by atoms with van der Waals surface area (Å²) in [6.07, 6.45) is 4.41. The second-order valence-corrected chi connectivity index (χ2v) is 5.73. The van der Waals surface area contributed by atoms with Gasteiger partial charge in [-0.25, -0.2) is 0 Å². The summed E-state index contributed by atoms with van der Waals surface area (Å²) < 4.78 is 0. The number of rotatable bonds is 2. The first-order valence-corrected chi connectivity index (χ1v) is 6.02. The van der Waals surface area contributed by atoms with E-state index in [0.717, 1.165) is 29.6 Å². The standard InChI is InChI=1S/C13H26/c1-9(2)12-7-6-11(5)8-13(12)10(3)4/h9-13H,6-8H2,1-5H3/t11-,12+,13+/m1/s1. The smallest absolute Gasteiger partial charge is 0.0358 e. The van der Waals surface area contributed by atoms with E-state index in [9.17, 15) is 0 Å². The van der Waals surface area contributed by atoms with Gasteiger partial charge in [0.15, 0.2) is 0 Å². The third-order valence-electron chi connectivity index (χ3n) is 3.93. The zero-order chi connectivity index (χ0) is 10.0. The van der Waals surface area contributed by atoms with Crippen molar-refractivity contribution in [1.29, 1.82) is 0 Å². The largest absolute Gasteiger partial charge is 0.0625 e. The third-order valence-corrected chi connectivity index (χ3v) is 3.93. The number of hydrogen-bond acceptors (Lipinski definition) is 0. The van der Waals surface area contributed by atoms with Gasteiger partial charge in [-0.1, -0.05) is 41.0 Å². The van der Waals surface area contributed by atoms with E-state index in [1.807, 2.05) is 0 Å². The van der Waals surface area contributed by atoms with Crippen LogP contribution in [0.1, 0.15) is 53.9 Å². The predicted octanol–water partition coefficient (Wildman–Crippen LogP) is 4.35. The van der Waals surface area contributed by atoms with Crippen molar-refractivity contribution in [3.63, 3.8) is 0 Å². The quantitative estimate of drug-likeness (QED) is 0.595. The van der Waals surface area contributed by atoms with Crippen molar-refractivity contribution >= 4 is 0 Å². The molecule has 0 aliphatic heterocycles. The summed E-state index contributed by atoms with van der Waals surface area (Å²) in [7, 11) is 0. The maximum absolute atomic E-state index is 2.42. The second-order valence-electron chi connectivity index (χ2n) is 5.73. The molecule has 0 unspecified atom stereocenters. The van der Waals surface area contributed by atoms with Crippen LogP contribution in [0.2, 0.25) is 0 Å². The zero-order valence-electron chi connectivity index (χ0n) is 10.0. The van der Waals surface area contributed by atoms with Crippen molar-refractivity contribution in [1.82, 2.24) is 0 Å². The molecule has 0 bridgehead atoms. The molecule has 78 valence electrons. The van der Waals surface area contributed by atoms with Gasteiger partial charge in [-0.2, -0.15) is 0 Å². The van der Waals surface area contributed by atoms with Gasteiger partial charge in [0.05, 0.1) is 0 Å². The van der Waals surface area contributed by atoms with Crippen molar-refractivity contribution in [3.05, 3.63) is 0 Å². The van der Waals surface area contributed by atoms with E-state index in [-0.39, 0.29) is 0 Å². The van der Waals surface area contributed by atoms with Crippen LogP contribution in [0.3, 0.4) is 0 Å². The van der Waals surface area contributed by atoms with Gasteiger partial charge in [0.2, 0.25) is 0 Å². The SMILES string of the molecule is CC(C)[C@@H]1CC[C@@H](C)C[C@H]1C(C)C. The Balaban J connectivity index is 2.60. The Hall–Kier alpha value is 0. The zero-order valence-corrected chi connectivity index (χ0v) is 10.0. The Labute approximate surface area is 84.1 Å². The second kappa shape index (κ2) is 4.48. The molecule has 0 aromatic heterocycles. The van der Waals surface area contributed by atoms with Crippen LogP contribution in [-0.2, 0) is 0 Å². The molecule has 0 heterocycles. The summed E-state index contributed by atoms with van der Waals surface area (Å²) >= 11 is 0. The highest BCUT2D eigenvalue weighted by molar-refractivity contribution is 4.82. The van der Waals surface area contributed by atoms with E-state index in [1.165, 1.54) is 19.3 Å². The lowest BCUT2D eigenvalue weighted by atomic mass is 9.66. The Morgan fingerprint density at radius 3 is 1.85 bits per heavy atom. The van der Waals surface area contributed by atoms with Gasteiger partial charge < -0.3 is 0 Å². The minimum absolute atomic E-state index is 0.884. The molecular formula is C13H26. The minimum Gasteiger partial charge on any atom is -0.0625 e. The van der Waals surface area contributed by atoms with Crippen LogP contribution in [0.4, 0.5) is 0 Å². The van der Waals surface area contributed by atoms with E-state index in [2.05, 4.69) is 34.6 Å². The predicted molar refractivity (Wildman–Crippen MR) is 59.7 cm³/mol. The van der Waals surface area contributed by atoms with Crippen LogP contribution in [0.15, 0.2) is 0 Å². The summed E-state index contributed by atoms with van der Waals surface area (Å²) in [4.78, 5) is 0. The molecule has 1 aliphatic carbocycles. The van der Waals surface area contributed by atoms with Gasteiger partial charge in [-0.15, -0.1) is 0 Å². The van der Waals surface area contributed by atoms with Crippen LogP contribution >= 0.6 is 0 Å². The average molecular weight is 182 g/mol. The monoisotopic (exact) mass is 182 g/mol. The number of hydrogen-bond donors (Lipinski definition) is 0. The van der Waals surface area contributed by atoms with Crippen LogP contribution in [0.25, 0.3) is 0 Å². The molecule has 0 saturated heterocycles. The van der Waals surface area contributed by atoms with E-state index >= 15 is 0 Å². The topological polar surface area (TPSA) is 0 Å². The summed E-state index contributed by atoms with van der Waals surface area (Å²) in [6.45, 7) is 12.0. The first-order valence-electron chi connectivity index (χ1n) is 6.02. The third kappa shape index (κ3) is 2.72. The summed E-state index contributed by atoms with van der Waals surface area (Å²) in [6, 6.07) is 0. The van der Waals surface area contributed by atoms with Crippen LogP contribution < -0.4 is 0 Å². The Kier molecular flexibility index (Phi) is 3.82. The molecular weight excluding hydrogens is 156 g/mol. The highest BCUT2D eigenvalue weighted by Gasteiger charge is 2.32. The molecule has 0 aromatic carbocycles.